The summed E-state index contributed by atoms with van der Waals surface area (Å²) in [4.78, 5) is 3.93. The van der Waals surface area contributed by atoms with Crippen molar-refractivity contribution in [2.45, 2.75) is 24.0 Å². The lowest BCUT2D eigenvalue weighted by Gasteiger charge is -1.88. The fourth-order valence-electron chi connectivity index (χ4n) is 0.755. The van der Waals surface area contributed by atoms with Gasteiger partial charge in [-0.15, -0.1) is 11.3 Å². The van der Waals surface area contributed by atoms with Crippen molar-refractivity contribution in [3.8, 4) is 0 Å². The fourth-order valence-corrected chi connectivity index (χ4v) is 2.46. The molecule has 0 unspecified atom stereocenters. The van der Waals surface area contributed by atoms with Crippen LogP contribution in [-0.2, 0) is 16.4 Å². The van der Waals surface area contributed by atoms with Crippen LogP contribution in [0.15, 0.2) is 10.4 Å². The third-order valence-electron chi connectivity index (χ3n) is 1.28. The van der Waals surface area contributed by atoms with E-state index in [1.54, 1.807) is 0 Å². The minimum atomic E-state index is -3.54. The van der Waals surface area contributed by atoms with Gasteiger partial charge in [0.15, 0.2) is 4.21 Å². The number of hydrogen-bond acceptors (Lipinski definition) is 4. The van der Waals surface area contributed by atoms with Gasteiger partial charge in [-0.3, -0.25) is 0 Å². The molecule has 0 aliphatic rings. The van der Waals surface area contributed by atoms with Crippen LogP contribution in [-0.4, -0.2) is 13.4 Å². The molecule has 0 radical (unpaired) electrons. The van der Waals surface area contributed by atoms with Crippen molar-refractivity contribution in [3.05, 3.63) is 11.2 Å². The Morgan fingerprint density at radius 1 is 1.67 bits per heavy atom. The van der Waals surface area contributed by atoms with Gasteiger partial charge in [0.25, 0.3) is 0 Å². The predicted octanol–water partition coefficient (Wildman–Crippen LogP) is 0.743. The second kappa shape index (κ2) is 3.51. The first-order valence-corrected chi connectivity index (χ1v) is 5.88. The van der Waals surface area contributed by atoms with Crippen molar-refractivity contribution < 1.29 is 8.42 Å². The minimum absolute atomic E-state index is 0.144. The lowest BCUT2D eigenvalue weighted by atomic mass is 10.4. The molecule has 0 amide bonds. The van der Waals surface area contributed by atoms with E-state index in [2.05, 4.69) is 4.98 Å². The number of aromatic nitrogens is 1. The van der Waals surface area contributed by atoms with E-state index in [4.69, 9.17) is 5.14 Å². The molecule has 0 aliphatic heterocycles. The number of aryl methyl sites for hydroxylation is 1. The third-order valence-corrected chi connectivity index (χ3v) is 3.74. The number of sulfonamides is 1. The quantitative estimate of drug-likeness (QED) is 0.792. The average Bonchev–Trinajstić information content (AvgIpc) is 2.35. The van der Waals surface area contributed by atoms with Crippen molar-refractivity contribution >= 4 is 21.4 Å². The lowest BCUT2D eigenvalue weighted by Crippen LogP contribution is -2.09. The van der Waals surface area contributed by atoms with Crippen LogP contribution in [0.25, 0.3) is 0 Å². The summed E-state index contributed by atoms with van der Waals surface area (Å²) in [5.74, 6) is 0. The molecule has 2 N–H and O–H groups in total. The van der Waals surface area contributed by atoms with Crippen molar-refractivity contribution in [1.29, 1.82) is 0 Å². The minimum Gasteiger partial charge on any atom is -0.248 e. The van der Waals surface area contributed by atoms with Crippen molar-refractivity contribution in [2.24, 2.45) is 5.14 Å². The number of nitrogens with two attached hydrogens (primary N) is 1. The van der Waals surface area contributed by atoms with Gasteiger partial charge in [0.1, 0.15) is 0 Å². The van der Waals surface area contributed by atoms with Gasteiger partial charge in [-0.05, 0) is 12.8 Å². The summed E-state index contributed by atoms with van der Waals surface area (Å²) in [6.07, 6.45) is 3.07. The Labute approximate surface area is 75.5 Å². The molecule has 1 aromatic rings. The number of hydrogen-bond donors (Lipinski definition) is 1. The van der Waals surface area contributed by atoms with Gasteiger partial charge >= 0.3 is 0 Å². The zero-order valence-electron chi connectivity index (χ0n) is 6.65. The lowest BCUT2D eigenvalue weighted by molar-refractivity contribution is 0.599. The van der Waals surface area contributed by atoms with E-state index < -0.39 is 10.0 Å². The molecule has 4 nitrogen and oxygen atoms in total. The van der Waals surface area contributed by atoms with Crippen LogP contribution in [0.3, 0.4) is 0 Å². The first kappa shape index (κ1) is 9.63. The third kappa shape index (κ3) is 2.26. The number of nitrogens with zero attached hydrogens (tertiary/aromatic N) is 1. The monoisotopic (exact) mass is 206 g/mol. The molecule has 1 aromatic heterocycles. The van der Waals surface area contributed by atoms with Gasteiger partial charge in [-0.25, -0.2) is 18.5 Å². The Morgan fingerprint density at radius 2 is 2.33 bits per heavy atom. The summed E-state index contributed by atoms with van der Waals surface area (Å²) in [5, 5.41) is 5.73. The largest absolute Gasteiger partial charge is 0.249 e. The molecule has 0 saturated heterocycles. The smallest absolute Gasteiger partial charge is 0.248 e. The second-order valence-electron chi connectivity index (χ2n) is 2.37. The predicted molar refractivity (Wildman–Crippen MR) is 47.5 cm³/mol. The van der Waals surface area contributed by atoms with E-state index in [9.17, 15) is 8.42 Å². The van der Waals surface area contributed by atoms with Gasteiger partial charge in [0.2, 0.25) is 10.0 Å². The molecule has 12 heavy (non-hydrogen) atoms. The molecule has 6 heteroatoms. The van der Waals surface area contributed by atoms with Crippen LogP contribution in [0.4, 0.5) is 0 Å². The van der Waals surface area contributed by atoms with E-state index in [-0.39, 0.29) is 4.21 Å². The van der Waals surface area contributed by atoms with Crippen molar-refractivity contribution in [2.75, 3.05) is 0 Å². The van der Waals surface area contributed by atoms with Crippen LogP contribution in [0.1, 0.15) is 18.4 Å². The molecule has 0 fully saturated rings. The van der Waals surface area contributed by atoms with E-state index in [0.29, 0.717) is 0 Å². The summed E-state index contributed by atoms with van der Waals surface area (Å²) in [5.41, 5.74) is 0. The molecular formula is C6H10N2O2S2. The Morgan fingerprint density at radius 3 is 2.75 bits per heavy atom. The molecular weight excluding hydrogens is 196 g/mol. The SMILES string of the molecule is CCCc1ncc(S(N)(=O)=O)s1. The summed E-state index contributed by atoms with van der Waals surface area (Å²) in [6.45, 7) is 2.01. The van der Waals surface area contributed by atoms with Gasteiger partial charge in [0, 0.05) is 0 Å². The molecule has 68 valence electrons. The van der Waals surface area contributed by atoms with Crippen molar-refractivity contribution in [1.82, 2.24) is 4.98 Å². The highest BCUT2D eigenvalue weighted by Crippen LogP contribution is 2.17. The standard InChI is InChI=1S/C6H10N2O2S2/c1-2-3-5-8-4-6(11-5)12(7,9)10/h4H,2-3H2,1H3,(H2,7,9,10). The first-order chi connectivity index (χ1) is 5.54. The summed E-state index contributed by atoms with van der Waals surface area (Å²) >= 11 is 1.14. The fraction of sp³-hybridized carbons (Fsp3) is 0.500. The van der Waals surface area contributed by atoms with Gasteiger partial charge in [-0.2, -0.15) is 0 Å². The van der Waals surface area contributed by atoms with Crippen LogP contribution in [0, 0.1) is 0 Å². The highest BCUT2D eigenvalue weighted by molar-refractivity contribution is 7.91. The number of rotatable bonds is 3. The summed E-state index contributed by atoms with van der Waals surface area (Å²) < 4.78 is 21.7. The molecule has 0 saturated carbocycles. The molecule has 1 rings (SSSR count). The zero-order chi connectivity index (χ0) is 9.19. The van der Waals surface area contributed by atoms with Crippen LogP contribution >= 0.6 is 11.3 Å². The van der Waals surface area contributed by atoms with E-state index in [1.807, 2.05) is 6.92 Å². The van der Waals surface area contributed by atoms with Crippen molar-refractivity contribution in [3.63, 3.8) is 0 Å². The first-order valence-electron chi connectivity index (χ1n) is 3.51. The van der Waals surface area contributed by atoms with Gasteiger partial charge in [0.05, 0.1) is 11.2 Å². The molecule has 1 heterocycles. The van der Waals surface area contributed by atoms with Gasteiger partial charge in [-0.1, -0.05) is 6.92 Å². The molecule has 0 bridgehead atoms. The highest BCUT2D eigenvalue weighted by Gasteiger charge is 2.11. The summed E-state index contributed by atoms with van der Waals surface area (Å²) in [7, 11) is -3.54. The average molecular weight is 206 g/mol. The summed E-state index contributed by atoms with van der Waals surface area (Å²) in [6, 6.07) is 0. The normalized spacial score (nSPS) is 11.8. The maximum absolute atomic E-state index is 10.8. The molecule has 0 spiro atoms. The molecule has 0 aliphatic carbocycles. The van der Waals surface area contributed by atoms with E-state index in [0.717, 1.165) is 29.2 Å². The zero-order valence-corrected chi connectivity index (χ0v) is 8.28. The topological polar surface area (TPSA) is 73.0 Å². The Balaban J connectivity index is 2.92. The Bertz CT molecular complexity index is 355. The van der Waals surface area contributed by atoms with E-state index in [1.165, 1.54) is 6.20 Å². The Hall–Kier alpha value is -0.460. The maximum Gasteiger partial charge on any atom is 0.249 e. The van der Waals surface area contributed by atoms with E-state index >= 15 is 0 Å². The number of thiazole rings is 1. The second-order valence-corrected chi connectivity index (χ2v) is 5.27. The van der Waals surface area contributed by atoms with Gasteiger partial charge < -0.3 is 0 Å². The number of primary sulfonamides is 1. The van der Waals surface area contributed by atoms with Crippen LogP contribution < -0.4 is 5.14 Å². The Kier molecular flexibility index (Phi) is 2.81. The molecule has 0 aromatic carbocycles. The highest BCUT2D eigenvalue weighted by atomic mass is 32.2. The van der Waals surface area contributed by atoms with Crippen LogP contribution in [0.2, 0.25) is 0 Å². The maximum atomic E-state index is 10.8. The molecule has 0 atom stereocenters. The van der Waals surface area contributed by atoms with Crippen LogP contribution in [0.5, 0.6) is 0 Å².